The summed E-state index contributed by atoms with van der Waals surface area (Å²) >= 11 is 1.69. The van der Waals surface area contributed by atoms with Crippen LogP contribution in [0.5, 0.6) is 0 Å². The molecule has 35 heavy (non-hydrogen) atoms. The van der Waals surface area contributed by atoms with Crippen molar-refractivity contribution in [2.75, 3.05) is 4.90 Å². The summed E-state index contributed by atoms with van der Waals surface area (Å²) in [6, 6.07) is 23.7. The zero-order chi connectivity index (χ0) is 23.8. The van der Waals surface area contributed by atoms with Gasteiger partial charge in [-0.25, -0.2) is 0 Å². The van der Waals surface area contributed by atoms with Crippen LogP contribution in [0.25, 0.3) is 22.4 Å². The lowest BCUT2D eigenvalue weighted by Gasteiger charge is -2.27. The van der Waals surface area contributed by atoms with Crippen molar-refractivity contribution in [3.63, 3.8) is 0 Å². The minimum Gasteiger partial charge on any atom is -0.407 e. The van der Waals surface area contributed by atoms with E-state index in [4.69, 9.17) is 4.74 Å². The van der Waals surface area contributed by atoms with Crippen molar-refractivity contribution < 1.29 is 19.2 Å². The summed E-state index contributed by atoms with van der Waals surface area (Å²) in [5.74, 6) is 0.547. The smallest absolute Gasteiger partial charge is 0.297 e. The molecular formula is C29H27N2O3S+. The van der Waals surface area contributed by atoms with Crippen LogP contribution in [-0.4, -0.2) is 17.6 Å². The lowest BCUT2D eigenvalue weighted by Crippen LogP contribution is -2.36. The van der Waals surface area contributed by atoms with Gasteiger partial charge in [-0.2, -0.15) is 0 Å². The average molecular weight is 484 g/mol. The number of fused-ring (bicyclic) bond motifs is 4. The number of nitrogens with zero attached hydrogens (tertiary/aromatic N) is 2. The molecule has 3 aromatic carbocycles. The minimum atomic E-state index is 0.0691. The van der Waals surface area contributed by atoms with E-state index in [1.54, 1.807) is 11.3 Å². The highest BCUT2D eigenvalue weighted by Crippen LogP contribution is 2.52. The van der Waals surface area contributed by atoms with Crippen LogP contribution in [0, 0.1) is 0 Å². The fourth-order valence-electron chi connectivity index (χ4n) is 5.66. The van der Waals surface area contributed by atoms with E-state index < -0.39 is 0 Å². The van der Waals surface area contributed by atoms with Gasteiger partial charge in [-0.3, -0.25) is 4.79 Å². The number of aliphatic hydroxyl groups is 1. The van der Waals surface area contributed by atoms with E-state index in [0.29, 0.717) is 18.4 Å². The maximum Gasteiger partial charge on any atom is 0.297 e. The number of aromatic nitrogens is 1. The number of hydrogen-bond donors (Lipinski definition) is 1. The predicted octanol–water partition coefficient (Wildman–Crippen LogP) is 5.77. The van der Waals surface area contributed by atoms with Crippen molar-refractivity contribution in [2.24, 2.45) is 0 Å². The Kier molecular flexibility index (Phi) is 5.84. The molecular weight excluding hydrogens is 456 g/mol. The molecule has 1 aliphatic heterocycles. The lowest BCUT2D eigenvalue weighted by molar-refractivity contribution is -0.700. The van der Waals surface area contributed by atoms with Crippen molar-refractivity contribution in [2.45, 2.75) is 44.6 Å². The summed E-state index contributed by atoms with van der Waals surface area (Å²) in [7, 11) is 0. The molecule has 0 radical (unpaired) electrons. The fourth-order valence-corrected chi connectivity index (χ4v) is 6.71. The molecule has 6 rings (SSSR count). The summed E-state index contributed by atoms with van der Waals surface area (Å²) in [6.45, 7) is 0.763. The monoisotopic (exact) mass is 483 g/mol. The Labute approximate surface area is 208 Å². The SMILES string of the molecule is O=COC[n+]1c(/C=C/c2ccc3c(c2)C2CCCC2N3c2ccc(CO)cc2)sc2ccccc21. The van der Waals surface area contributed by atoms with Gasteiger partial charge >= 0.3 is 0 Å². The zero-order valence-electron chi connectivity index (χ0n) is 19.3. The highest BCUT2D eigenvalue weighted by atomic mass is 32.1. The first kappa shape index (κ1) is 22.0. The molecule has 2 heterocycles. The number of hydrogen-bond acceptors (Lipinski definition) is 5. The highest BCUT2D eigenvalue weighted by Gasteiger charge is 2.42. The van der Waals surface area contributed by atoms with Crippen molar-refractivity contribution in [3.8, 4) is 0 Å². The van der Waals surface area contributed by atoms with Gasteiger partial charge in [-0.15, -0.1) is 4.57 Å². The quantitative estimate of drug-likeness (QED) is 0.268. The molecule has 2 atom stereocenters. The van der Waals surface area contributed by atoms with Crippen LogP contribution in [0.1, 0.15) is 46.9 Å². The summed E-state index contributed by atoms with van der Waals surface area (Å²) in [5.41, 5.74) is 7.09. The lowest BCUT2D eigenvalue weighted by atomic mass is 9.96. The molecule has 0 saturated heterocycles. The van der Waals surface area contributed by atoms with E-state index >= 15 is 0 Å². The first-order valence-corrected chi connectivity index (χ1v) is 12.9. The molecule has 176 valence electrons. The molecule has 1 aromatic heterocycles. The van der Waals surface area contributed by atoms with Gasteiger partial charge in [0.1, 0.15) is 4.70 Å². The number of aliphatic hydroxyl groups excluding tert-OH is 1. The number of thiazole rings is 1. The first-order chi connectivity index (χ1) is 17.3. The number of ether oxygens (including phenoxy) is 1. The molecule has 0 bridgehead atoms. The molecule has 1 saturated carbocycles. The highest BCUT2D eigenvalue weighted by molar-refractivity contribution is 7.18. The zero-order valence-corrected chi connectivity index (χ0v) is 20.2. The summed E-state index contributed by atoms with van der Waals surface area (Å²) < 4.78 is 8.28. The third-order valence-corrected chi connectivity index (χ3v) is 8.38. The largest absolute Gasteiger partial charge is 0.407 e. The molecule has 2 unspecified atom stereocenters. The van der Waals surface area contributed by atoms with Gasteiger partial charge in [-0.1, -0.05) is 48.1 Å². The van der Waals surface area contributed by atoms with E-state index in [0.717, 1.165) is 20.8 Å². The number of anilines is 2. The Morgan fingerprint density at radius 2 is 1.91 bits per heavy atom. The Hall–Kier alpha value is -3.48. The van der Waals surface area contributed by atoms with Gasteiger partial charge in [0.05, 0.1) is 6.61 Å². The molecule has 2 aliphatic rings. The van der Waals surface area contributed by atoms with Gasteiger partial charge in [0, 0.05) is 35.5 Å². The van der Waals surface area contributed by atoms with Crippen molar-refractivity contribution in [1.82, 2.24) is 0 Å². The van der Waals surface area contributed by atoms with Crippen LogP contribution in [0.15, 0.2) is 66.7 Å². The number of carbonyl (C=O) groups excluding carboxylic acids is 1. The molecule has 1 fully saturated rings. The number of para-hydroxylation sites is 1. The molecule has 1 N–H and O–H groups in total. The van der Waals surface area contributed by atoms with Crippen LogP contribution >= 0.6 is 11.3 Å². The van der Waals surface area contributed by atoms with Gasteiger partial charge in [0.25, 0.3) is 18.2 Å². The Balaban J connectivity index is 1.34. The normalized spacial score (nSPS) is 18.8. The summed E-state index contributed by atoms with van der Waals surface area (Å²) in [5, 5.41) is 10.5. The number of rotatable bonds is 7. The third kappa shape index (κ3) is 3.93. The van der Waals surface area contributed by atoms with E-state index in [-0.39, 0.29) is 13.3 Å². The van der Waals surface area contributed by atoms with E-state index in [9.17, 15) is 9.90 Å². The van der Waals surface area contributed by atoms with Crippen molar-refractivity contribution >= 4 is 51.6 Å². The molecule has 4 aromatic rings. The maximum absolute atomic E-state index is 10.8. The van der Waals surface area contributed by atoms with E-state index in [1.165, 1.54) is 41.8 Å². The second-order valence-electron chi connectivity index (χ2n) is 9.18. The molecule has 1 aliphatic carbocycles. The van der Waals surface area contributed by atoms with Gasteiger partial charge in [-0.05, 0) is 65.9 Å². The Bertz CT molecular complexity index is 1410. The van der Waals surface area contributed by atoms with E-state index in [2.05, 4.69) is 59.5 Å². The Morgan fingerprint density at radius 1 is 1.06 bits per heavy atom. The van der Waals surface area contributed by atoms with Crippen LogP contribution in [0.3, 0.4) is 0 Å². The average Bonchev–Trinajstić information content (AvgIpc) is 3.59. The van der Waals surface area contributed by atoms with Crippen molar-refractivity contribution in [1.29, 1.82) is 0 Å². The second kappa shape index (κ2) is 9.29. The predicted molar refractivity (Wildman–Crippen MR) is 139 cm³/mol. The molecule has 0 amide bonds. The molecule has 6 heteroatoms. The standard InChI is InChI=1S/C29H27N2O3S/c32-17-21-8-12-22(13-9-21)31-25-6-3-4-23(25)24-16-20(10-14-26(24)31)11-15-29-30(18-34-19-33)27-5-1-2-7-28(27)35-29/h1-2,5,7-16,19,23,25,32H,3-4,6,17-18H2/q+1. The van der Waals surface area contributed by atoms with Crippen LogP contribution in [-0.2, 0) is 22.9 Å². The van der Waals surface area contributed by atoms with Crippen LogP contribution in [0.2, 0.25) is 0 Å². The summed E-state index contributed by atoms with van der Waals surface area (Å²) in [4.78, 5) is 13.3. The topological polar surface area (TPSA) is 53.7 Å². The first-order valence-electron chi connectivity index (χ1n) is 12.0. The molecule has 0 spiro atoms. The van der Waals surface area contributed by atoms with Crippen LogP contribution < -0.4 is 9.47 Å². The fraction of sp³-hybridized carbons (Fsp3) is 0.241. The van der Waals surface area contributed by atoms with Crippen LogP contribution in [0.4, 0.5) is 11.4 Å². The van der Waals surface area contributed by atoms with Gasteiger partial charge in [0.2, 0.25) is 5.52 Å². The number of carbonyl (C=O) groups is 1. The number of benzene rings is 3. The van der Waals surface area contributed by atoms with E-state index in [1.807, 2.05) is 28.8 Å². The van der Waals surface area contributed by atoms with Crippen molar-refractivity contribution in [3.05, 3.63) is 88.4 Å². The second-order valence-corrected chi connectivity index (χ2v) is 10.2. The summed E-state index contributed by atoms with van der Waals surface area (Å²) in [6.07, 6.45) is 7.94. The van der Waals surface area contributed by atoms with Gasteiger partial charge in [0.15, 0.2) is 0 Å². The van der Waals surface area contributed by atoms with Gasteiger partial charge < -0.3 is 14.7 Å². The Morgan fingerprint density at radius 3 is 2.74 bits per heavy atom. The third-order valence-electron chi connectivity index (χ3n) is 7.25. The minimum absolute atomic E-state index is 0.0691. The molecule has 5 nitrogen and oxygen atoms in total. The maximum atomic E-state index is 10.8.